The van der Waals surface area contributed by atoms with E-state index in [1.165, 1.54) is 6.82 Å². The van der Waals surface area contributed by atoms with Crippen LogP contribution in [0.3, 0.4) is 0 Å². The first kappa shape index (κ1) is 31.0. The van der Waals surface area contributed by atoms with Crippen LogP contribution in [0.15, 0.2) is 0 Å². The molecule has 4 N–H and O–H groups in total. The van der Waals surface area contributed by atoms with E-state index in [0.29, 0.717) is 0 Å². The van der Waals surface area contributed by atoms with E-state index in [1.807, 2.05) is 0 Å². The Labute approximate surface area is 76.4 Å². The molecule has 0 aromatic rings. The van der Waals surface area contributed by atoms with Gasteiger partial charge in [0.15, 0.2) is 0 Å². The number of hydrogen-bond donors (Lipinski definition) is 0. The van der Waals surface area contributed by atoms with Crippen molar-refractivity contribution in [3.63, 3.8) is 0 Å². The van der Waals surface area contributed by atoms with Gasteiger partial charge in [0.1, 0.15) is 0 Å². The van der Waals surface area contributed by atoms with Gasteiger partial charge in [0, 0.05) is 0 Å². The van der Waals surface area contributed by atoms with Gasteiger partial charge in [-0.25, -0.2) is 0 Å². The predicted octanol–water partition coefficient (Wildman–Crippen LogP) is -1.60. The molecule has 0 saturated heterocycles. The molecule has 0 fully saturated rings. The van der Waals surface area contributed by atoms with E-state index in [4.69, 9.17) is 0 Å². The molecule has 0 aliphatic rings. The van der Waals surface area contributed by atoms with Crippen LogP contribution in [0.5, 0.6) is 0 Å². The molecule has 2 nitrogen and oxygen atoms in total. The molecule has 30 valence electrons. The Morgan fingerprint density at radius 2 is 1.20 bits per heavy atom. The second-order valence-corrected chi connectivity index (χ2v) is 0. The van der Waals surface area contributed by atoms with Gasteiger partial charge in [0.25, 0.3) is 0 Å². The Balaban J connectivity index is -0.000000000500. The largest absolute Gasteiger partial charge is 2.00 e. The van der Waals surface area contributed by atoms with E-state index < -0.39 is 0 Å². The van der Waals surface area contributed by atoms with Crippen molar-refractivity contribution in [2.45, 2.75) is 6.82 Å². The first-order valence-electron chi connectivity index (χ1n) is 0.577. The van der Waals surface area contributed by atoms with E-state index >= 15 is 0 Å². The topological polar surface area (TPSA) is 63.0 Å². The van der Waals surface area contributed by atoms with Crippen LogP contribution >= 0.6 is 0 Å². The number of rotatable bonds is 0. The third-order valence-electron chi connectivity index (χ3n) is 0. The molecule has 5 heavy (non-hydrogen) atoms. The molecule has 0 bridgehead atoms. The SMILES string of the molecule is O.O.[B]C.[Ba+2].[H-].[H-]. The molecule has 0 spiro atoms. The molecule has 2 radical (unpaired) electrons. The standard InChI is InChI=1S/CH3B.Ba.2H2O.2H/c1-2;;;;;/h1H3;;2*1H2;;/q;+2;;;2*-1. The molecule has 0 aromatic carbocycles. The Bertz CT molecular complexity index is 15.7. The van der Waals surface area contributed by atoms with Crippen molar-refractivity contribution < 1.29 is 13.8 Å². The zero-order chi connectivity index (χ0) is 2.00. The van der Waals surface area contributed by atoms with Gasteiger partial charge in [0.05, 0.1) is 7.85 Å². The monoisotopic (exact) mass is 202 g/mol. The van der Waals surface area contributed by atoms with Gasteiger partial charge >= 0.3 is 48.9 Å². The summed E-state index contributed by atoms with van der Waals surface area (Å²) in [7, 11) is 4.50. The second-order valence-electron chi connectivity index (χ2n) is 0. The Morgan fingerprint density at radius 1 is 1.20 bits per heavy atom. The van der Waals surface area contributed by atoms with Crippen molar-refractivity contribution in [1.29, 1.82) is 0 Å². The van der Waals surface area contributed by atoms with Gasteiger partial charge in [-0.15, -0.1) is 0 Å². The summed E-state index contributed by atoms with van der Waals surface area (Å²) in [4.78, 5) is 0. The minimum absolute atomic E-state index is 0. The normalized spacial score (nSPS) is 1.00. The van der Waals surface area contributed by atoms with Crippen LogP contribution in [-0.4, -0.2) is 67.7 Å². The van der Waals surface area contributed by atoms with Crippen LogP contribution < -0.4 is 0 Å². The van der Waals surface area contributed by atoms with Gasteiger partial charge in [-0.1, -0.05) is 6.82 Å². The predicted molar refractivity (Wildman–Crippen MR) is 26.8 cm³/mol. The molecular weight excluding hydrogens is 192 g/mol. The molecule has 0 aliphatic heterocycles. The zero-order valence-corrected chi connectivity index (χ0v) is 7.73. The Morgan fingerprint density at radius 3 is 1.20 bits per heavy atom. The van der Waals surface area contributed by atoms with E-state index in [2.05, 4.69) is 7.85 Å². The van der Waals surface area contributed by atoms with E-state index in [9.17, 15) is 0 Å². The van der Waals surface area contributed by atoms with E-state index in [0.717, 1.165) is 0 Å². The molecule has 4 heteroatoms. The summed E-state index contributed by atoms with van der Waals surface area (Å²) in [6, 6.07) is 0. The first-order chi connectivity index (χ1) is 1.00. The summed E-state index contributed by atoms with van der Waals surface area (Å²) < 4.78 is 0. The minimum Gasteiger partial charge on any atom is -1.00 e. The van der Waals surface area contributed by atoms with Gasteiger partial charge in [-0.3, -0.25) is 0 Å². The molecule has 0 aliphatic carbocycles. The first-order valence-corrected chi connectivity index (χ1v) is 0.577. The van der Waals surface area contributed by atoms with Gasteiger partial charge in [-0.05, 0) is 0 Å². The van der Waals surface area contributed by atoms with E-state index in [-0.39, 0.29) is 62.7 Å². The fraction of sp³-hybridized carbons (Fsp3) is 1.00. The molecular formula is CH9BBaO2. The maximum Gasteiger partial charge on any atom is 2.00 e. The van der Waals surface area contributed by atoms with Gasteiger partial charge in [0.2, 0.25) is 0 Å². The van der Waals surface area contributed by atoms with Crippen LogP contribution in [0.1, 0.15) is 2.85 Å². The van der Waals surface area contributed by atoms with Crippen molar-refractivity contribution in [3.05, 3.63) is 0 Å². The molecule has 0 unspecified atom stereocenters. The van der Waals surface area contributed by atoms with Crippen molar-refractivity contribution >= 4 is 56.7 Å². The van der Waals surface area contributed by atoms with Crippen LogP contribution in [0.2, 0.25) is 6.82 Å². The minimum atomic E-state index is 0. The summed E-state index contributed by atoms with van der Waals surface area (Å²) in [5.74, 6) is 0. The van der Waals surface area contributed by atoms with Crippen molar-refractivity contribution in [3.8, 4) is 0 Å². The van der Waals surface area contributed by atoms with Gasteiger partial charge < -0.3 is 13.8 Å². The third kappa shape index (κ3) is 29.0. The fourth-order valence-corrected chi connectivity index (χ4v) is 0. The maximum atomic E-state index is 4.50. The van der Waals surface area contributed by atoms with Gasteiger partial charge in [-0.2, -0.15) is 0 Å². The zero-order valence-electron chi connectivity index (χ0n) is 5.28. The summed E-state index contributed by atoms with van der Waals surface area (Å²) in [5, 5.41) is 0. The fourth-order valence-electron chi connectivity index (χ4n) is 0. The summed E-state index contributed by atoms with van der Waals surface area (Å²) in [6.45, 7) is 1.50. The van der Waals surface area contributed by atoms with Crippen molar-refractivity contribution in [1.82, 2.24) is 0 Å². The van der Waals surface area contributed by atoms with Crippen LogP contribution in [0, 0.1) is 0 Å². The van der Waals surface area contributed by atoms with E-state index in [1.54, 1.807) is 0 Å². The summed E-state index contributed by atoms with van der Waals surface area (Å²) in [5.41, 5.74) is 0. The molecule has 0 heterocycles. The smallest absolute Gasteiger partial charge is 1.00 e. The summed E-state index contributed by atoms with van der Waals surface area (Å²) in [6.07, 6.45) is 0. The van der Waals surface area contributed by atoms with Crippen LogP contribution in [0.25, 0.3) is 0 Å². The second kappa shape index (κ2) is 47.6. The van der Waals surface area contributed by atoms with Crippen molar-refractivity contribution in [2.24, 2.45) is 0 Å². The summed E-state index contributed by atoms with van der Waals surface area (Å²) >= 11 is 0. The quantitative estimate of drug-likeness (QED) is 0.424. The number of hydrogen-bond acceptors (Lipinski definition) is 0. The molecule has 0 aromatic heterocycles. The molecule has 0 atom stereocenters. The Hall–Kier alpha value is 1.56. The van der Waals surface area contributed by atoms with Crippen molar-refractivity contribution in [2.75, 3.05) is 0 Å². The van der Waals surface area contributed by atoms with Crippen LogP contribution in [-0.2, 0) is 0 Å². The average molecular weight is 201 g/mol. The van der Waals surface area contributed by atoms with Crippen LogP contribution in [0.4, 0.5) is 0 Å². The molecule has 0 amide bonds. The molecule has 0 saturated carbocycles. The third-order valence-corrected chi connectivity index (χ3v) is 0. The Kier molecular flexibility index (Phi) is 295. The average Bonchev–Trinajstić information content (AvgIpc) is 1.00. The maximum absolute atomic E-state index is 4.50. The molecule has 0 rings (SSSR count).